The van der Waals surface area contributed by atoms with Gasteiger partial charge in [-0.05, 0) is 38.1 Å². The number of carbonyl (C=O) groups excluding carboxylic acids is 1. The van der Waals surface area contributed by atoms with Crippen LogP contribution in [0, 0.1) is 0 Å². The van der Waals surface area contributed by atoms with Gasteiger partial charge in [-0.2, -0.15) is 13.2 Å². The summed E-state index contributed by atoms with van der Waals surface area (Å²) in [4.78, 5) is 14.0. The van der Waals surface area contributed by atoms with E-state index in [1.165, 1.54) is 12.1 Å². The molecule has 1 aromatic carbocycles. The minimum Gasteiger partial charge on any atom is -0.459 e. The van der Waals surface area contributed by atoms with Crippen LogP contribution in [-0.4, -0.2) is 37.1 Å². The Morgan fingerprint density at radius 3 is 2.55 bits per heavy atom. The molecule has 0 atom stereocenters. The summed E-state index contributed by atoms with van der Waals surface area (Å²) in [5.41, 5.74) is -0.894. The molecule has 1 aromatic rings. The van der Waals surface area contributed by atoms with Gasteiger partial charge < -0.3 is 9.64 Å². The van der Waals surface area contributed by atoms with Crippen LogP contribution in [0.15, 0.2) is 24.3 Å². The molecule has 0 N–H and O–H groups in total. The van der Waals surface area contributed by atoms with Crippen LogP contribution in [0.25, 0.3) is 0 Å². The van der Waals surface area contributed by atoms with Gasteiger partial charge in [0.05, 0.1) is 11.1 Å². The average Bonchev–Trinajstić information content (AvgIpc) is 2.40. The van der Waals surface area contributed by atoms with Crippen LogP contribution in [0.4, 0.5) is 13.2 Å². The van der Waals surface area contributed by atoms with Gasteiger partial charge in [-0.15, -0.1) is 0 Å². The zero-order valence-corrected chi connectivity index (χ0v) is 11.1. The van der Waals surface area contributed by atoms with E-state index < -0.39 is 17.7 Å². The van der Waals surface area contributed by atoms with Crippen molar-refractivity contribution < 1.29 is 22.7 Å². The largest absolute Gasteiger partial charge is 0.459 e. The summed E-state index contributed by atoms with van der Waals surface area (Å²) in [6.45, 7) is 1.64. The van der Waals surface area contributed by atoms with Crippen LogP contribution < -0.4 is 0 Å². The smallest absolute Gasteiger partial charge is 0.416 e. The van der Waals surface area contributed by atoms with Crippen molar-refractivity contribution in [3.05, 3.63) is 35.4 Å². The van der Waals surface area contributed by atoms with Gasteiger partial charge in [0, 0.05) is 13.1 Å². The van der Waals surface area contributed by atoms with Gasteiger partial charge in [0.25, 0.3) is 0 Å². The van der Waals surface area contributed by atoms with E-state index in [-0.39, 0.29) is 11.7 Å². The van der Waals surface area contributed by atoms with Gasteiger partial charge in [-0.3, -0.25) is 0 Å². The lowest BCUT2D eigenvalue weighted by molar-refractivity contribution is -0.137. The Morgan fingerprint density at radius 1 is 1.30 bits per heavy atom. The lowest BCUT2D eigenvalue weighted by Gasteiger charge is -2.28. The topological polar surface area (TPSA) is 29.5 Å². The Morgan fingerprint density at radius 2 is 1.95 bits per heavy atom. The normalized spacial score (nSPS) is 18.0. The lowest BCUT2D eigenvalue weighted by atomic mass is 10.1. The highest BCUT2D eigenvalue weighted by molar-refractivity contribution is 5.89. The van der Waals surface area contributed by atoms with Gasteiger partial charge in [0.2, 0.25) is 0 Å². The Labute approximate surface area is 115 Å². The Kier molecular flexibility index (Phi) is 4.32. The molecule has 6 heteroatoms. The second-order valence-electron chi connectivity index (χ2n) is 4.99. The summed E-state index contributed by atoms with van der Waals surface area (Å²) in [5, 5.41) is 0. The summed E-state index contributed by atoms with van der Waals surface area (Å²) in [6, 6.07) is 4.32. The number of benzene rings is 1. The molecule has 0 bridgehead atoms. The van der Waals surface area contributed by atoms with Crippen molar-refractivity contribution in [2.24, 2.45) is 0 Å². The molecule has 1 aliphatic rings. The molecule has 0 aliphatic carbocycles. The van der Waals surface area contributed by atoms with Crippen LogP contribution in [0.2, 0.25) is 0 Å². The van der Waals surface area contributed by atoms with Crippen molar-refractivity contribution in [3.8, 4) is 0 Å². The van der Waals surface area contributed by atoms with Gasteiger partial charge in [0.1, 0.15) is 6.10 Å². The van der Waals surface area contributed by atoms with Crippen molar-refractivity contribution in [1.29, 1.82) is 0 Å². The third-order valence-corrected chi connectivity index (χ3v) is 3.36. The molecule has 1 fully saturated rings. The number of nitrogens with zero attached hydrogens (tertiary/aromatic N) is 1. The number of piperidine rings is 1. The molecular weight excluding hydrogens is 271 g/mol. The molecule has 1 heterocycles. The highest BCUT2D eigenvalue weighted by Gasteiger charge is 2.31. The predicted molar refractivity (Wildman–Crippen MR) is 67.4 cm³/mol. The van der Waals surface area contributed by atoms with E-state index in [1.54, 1.807) is 0 Å². The molecule has 1 saturated heterocycles. The summed E-state index contributed by atoms with van der Waals surface area (Å²) in [6.07, 6.45) is -3.25. The first-order chi connectivity index (χ1) is 9.36. The zero-order chi connectivity index (χ0) is 14.8. The summed E-state index contributed by atoms with van der Waals surface area (Å²) in [7, 11) is 1.98. The molecule has 3 nitrogen and oxygen atoms in total. The van der Waals surface area contributed by atoms with E-state index in [1.807, 2.05) is 7.05 Å². The van der Waals surface area contributed by atoms with Crippen molar-refractivity contribution in [3.63, 3.8) is 0 Å². The fourth-order valence-corrected chi connectivity index (χ4v) is 2.14. The molecular formula is C14H16F3NO2. The highest BCUT2D eigenvalue weighted by atomic mass is 19.4. The number of halogens is 3. The zero-order valence-electron chi connectivity index (χ0n) is 11.1. The van der Waals surface area contributed by atoms with Gasteiger partial charge >= 0.3 is 12.1 Å². The third-order valence-electron chi connectivity index (χ3n) is 3.36. The fourth-order valence-electron chi connectivity index (χ4n) is 2.14. The van der Waals surface area contributed by atoms with Crippen LogP contribution in [0.1, 0.15) is 28.8 Å². The van der Waals surface area contributed by atoms with Crippen molar-refractivity contribution in [2.45, 2.75) is 25.1 Å². The molecule has 0 amide bonds. The second kappa shape index (κ2) is 5.83. The minimum absolute atomic E-state index is 0.0567. The maximum absolute atomic E-state index is 12.6. The monoisotopic (exact) mass is 287 g/mol. The van der Waals surface area contributed by atoms with Gasteiger partial charge in [-0.1, -0.05) is 6.07 Å². The highest BCUT2D eigenvalue weighted by Crippen LogP contribution is 2.29. The number of esters is 1. The quantitative estimate of drug-likeness (QED) is 0.783. The van der Waals surface area contributed by atoms with E-state index in [2.05, 4.69) is 4.90 Å². The molecule has 1 aliphatic heterocycles. The number of rotatable bonds is 2. The summed E-state index contributed by atoms with van der Waals surface area (Å²) >= 11 is 0. The summed E-state index contributed by atoms with van der Waals surface area (Å²) in [5.74, 6) is -0.689. The number of likely N-dealkylation sites (tertiary alicyclic amines) is 1. The average molecular weight is 287 g/mol. The fraction of sp³-hybridized carbons (Fsp3) is 0.500. The first-order valence-corrected chi connectivity index (χ1v) is 6.43. The first-order valence-electron chi connectivity index (χ1n) is 6.43. The number of hydrogen-bond acceptors (Lipinski definition) is 3. The standard InChI is InChI=1S/C14H16F3NO2/c1-18-7-5-12(6-8-18)20-13(19)10-3-2-4-11(9-10)14(15,16)17/h2-4,9,12H,5-8H2,1H3. The van der Waals surface area contributed by atoms with Crippen LogP contribution in [0.3, 0.4) is 0 Å². The van der Waals surface area contributed by atoms with Gasteiger partial charge in [0.15, 0.2) is 0 Å². The minimum atomic E-state index is -4.45. The first kappa shape index (κ1) is 14.8. The Bertz CT molecular complexity index is 480. The van der Waals surface area contributed by atoms with Crippen molar-refractivity contribution >= 4 is 5.97 Å². The Balaban J connectivity index is 2.02. The number of carbonyl (C=O) groups is 1. The maximum Gasteiger partial charge on any atom is 0.416 e. The van der Waals surface area contributed by atoms with Crippen molar-refractivity contribution in [1.82, 2.24) is 4.90 Å². The predicted octanol–water partition coefficient (Wildman–Crippen LogP) is 2.96. The third kappa shape index (κ3) is 3.72. The van der Waals surface area contributed by atoms with Crippen LogP contribution >= 0.6 is 0 Å². The molecule has 2 rings (SSSR count). The number of ether oxygens (including phenoxy) is 1. The van der Waals surface area contributed by atoms with E-state index in [0.717, 1.165) is 25.2 Å². The second-order valence-corrected chi connectivity index (χ2v) is 4.99. The van der Waals surface area contributed by atoms with E-state index >= 15 is 0 Å². The number of hydrogen-bond donors (Lipinski definition) is 0. The Hall–Kier alpha value is -1.56. The van der Waals surface area contributed by atoms with E-state index in [9.17, 15) is 18.0 Å². The maximum atomic E-state index is 12.6. The molecule has 0 radical (unpaired) electrons. The molecule has 0 aromatic heterocycles. The molecule has 0 unspecified atom stereocenters. The SMILES string of the molecule is CN1CCC(OC(=O)c2cccc(C(F)(F)F)c2)CC1. The van der Waals surface area contributed by atoms with Gasteiger partial charge in [-0.25, -0.2) is 4.79 Å². The molecule has 110 valence electrons. The molecule has 0 spiro atoms. The number of alkyl halides is 3. The van der Waals surface area contributed by atoms with E-state index in [4.69, 9.17) is 4.74 Å². The molecule has 0 saturated carbocycles. The van der Waals surface area contributed by atoms with Crippen LogP contribution in [-0.2, 0) is 10.9 Å². The summed E-state index contributed by atoms with van der Waals surface area (Å²) < 4.78 is 43.0. The van der Waals surface area contributed by atoms with Crippen molar-refractivity contribution in [2.75, 3.05) is 20.1 Å². The van der Waals surface area contributed by atoms with E-state index in [0.29, 0.717) is 12.8 Å². The molecule has 20 heavy (non-hydrogen) atoms. The lowest BCUT2D eigenvalue weighted by Crippen LogP contribution is -2.35. The van der Waals surface area contributed by atoms with Crippen LogP contribution in [0.5, 0.6) is 0 Å².